The average Bonchev–Trinajstić information content (AvgIpc) is 3.32. The summed E-state index contributed by atoms with van der Waals surface area (Å²) in [5, 5.41) is 16.2. The molecule has 0 spiro atoms. The second-order valence-corrected chi connectivity index (χ2v) is 10.1. The highest BCUT2D eigenvalue weighted by Gasteiger charge is 2.14. The predicted molar refractivity (Wildman–Crippen MR) is 167 cm³/mol. The second kappa shape index (κ2) is 11.6. The van der Waals surface area contributed by atoms with Crippen molar-refractivity contribution in [1.82, 2.24) is 14.2 Å². The van der Waals surface area contributed by atoms with Gasteiger partial charge in [0.1, 0.15) is 12.4 Å². The van der Waals surface area contributed by atoms with Crippen LogP contribution in [-0.4, -0.2) is 25.4 Å². The Balaban J connectivity index is 1.28. The summed E-state index contributed by atoms with van der Waals surface area (Å²) < 4.78 is 9.33. The van der Waals surface area contributed by atoms with Gasteiger partial charge in [0.15, 0.2) is 5.82 Å². The van der Waals surface area contributed by atoms with Crippen molar-refractivity contribution in [3.05, 3.63) is 152 Å². The minimum Gasteiger partial charge on any atom is -0.489 e. The van der Waals surface area contributed by atoms with E-state index < -0.39 is 4.92 Å². The number of nitro benzene ring substituents is 1. The molecule has 2 heterocycles. The number of aromatic nitrogens is 3. The number of fused-ring (bicyclic) bond motifs is 1. The van der Waals surface area contributed by atoms with Gasteiger partial charge in [-0.15, -0.1) is 0 Å². The molecule has 0 atom stereocenters. The largest absolute Gasteiger partial charge is 0.489 e. The number of rotatable bonds is 8. The highest BCUT2D eigenvalue weighted by Crippen LogP contribution is 2.24. The van der Waals surface area contributed by atoms with Gasteiger partial charge in [-0.3, -0.25) is 14.9 Å². The molecule has 4 aromatic carbocycles. The summed E-state index contributed by atoms with van der Waals surface area (Å²) in [5.74, 6) is 1.12. The van der Waals surface area contributed by atoms with Crippen LogP contribution in [0.1, 0.15) is 22.5 Å². The van der Waals surface area contributed by atoms with E-state index in [9.17, 15) is 14.9 Å². The monoisotopic (exact) mass is 569 g/mol. The first-order chi connectivity index (χ1) is 20.9. The molecule has 0 aliphatic rings. The van der Waals surface area contributed by atoms with Crippen LogP contribution in [0.15, 0.2) is 119 Å². The van der Waals surface area contributed by atoms with Crippen molar-refractivity contribution < 1.29 is 9.66 Å². The van der Waals surface area contributed by atoms with Gasteiger partial charge in [-0.2, -0.15) is 9.78 Å². The number of non-ortho nitro benzene ring substituents is 1. The number of nitrogens with zero attached hydrogens (tertiary/aromatic N) is 5. The van der Waals surface area contributed by atoms with Gasteiger partial charge in [0, 0.05) is 40.3 Å². The smallest absolute Gasteiger partial charge is 0.282 e. The van der Waals surface area contributed by atoms with E-state index in [0.29, 0.717) is 22.5 Å². The highest BCUT2D eigenvalue weighted by atomic mass is 16.6. The Bertz CT molecular complexity index is 2040. The van der Waals surface area contributed by atoms with Gasteiger partial charge >= 0.3 is 0 Å². The van der Waals surface area contributed by atoms with Crippen molar-refractivity contribution in [1.29, 1.82) is 0 Å². The molecular formula is C34H27N5O4. The maximum absolute atomic E-state index is 13.5. The van der Waals surface area contributed by atoms with Crippen molar-refractivity contribution in [2.24, 2.45) is 5.10 Å². The van der Waals surface area contributed by atoms with E-state index in [1.807, 2.05) is 92.7 Å². The van der Waals surface area contributed by atoms with E-state index >= 15 is 0 Å². The highest BCUT2D eigenvalue weighted by molar-refractivity contribution is 5.83. The zero-order chi connectivity index (χ0) is 29.9. The summed E-state index contributed by atoms with van der Waals surface area (Å²) in [5.41, 5.74) is 5.67. The molecule has 0 saturated carbocycles. The summed E-state index contributed by atoms with van der Waals surface area (Å²) in [6.07, 6.45) is 1.69. The Morgan fingerprint density at radius 2 is 1.65 bits per heavy atom. The number of para-hydroxylation sites is 1. The van der Waals surface area contributed by atoms with E-state index in [1.54, 1.807) is 24.4 Å². The lowest BCUT2D eigenvalue weighted by atomic mass is 10.2. The molecular weight excluding hydrogens is 542 g/mol. The third kappa shape index (κ3) is 5.56. The van der Waals surface area contributed by atoms with Crippen LogP contribution in [0.3, 0.4) is 0 Å². The molecule has 43 heavy (non-hydrogen) atoms. The first kappa shape index (κ1) is 27.3. The molecule has 0 fully saturated rings. The van der Waals surface area contributed by atoms with Gasteiger partial charge in [-0.25, -0.2) is 4.98 Å². The van der Waals surface area contributed by atoms with Crippen molar-refractivity contribution in [2.45, 2.75) is 20.5 Å². The van der Waals surface area contributed by atoms with E-state index in [1.165, 1.54) is 16.8 Å². The van der Waals surface area contributed by atoms with Gasteiger partial charge in [0.05, 0.1) is 22.0 Å². The fourth-order valence-corrected chi connectivity index (χ4v) is 5.06. The first-order valence-corrected chi connectivity index (χ1v) is 13.7. The zero-order valence-corrected chi connectivity index (χ0v) is 23.5. The minimum atomic E-state index is -0.418. The van der Waals surface area contributed by atoms with Crippen LogP contribution < -0.4 is 10.3 Å². The fourth-order valence-electron chi connectivity index (χ4n) is 5.06. The summed E-state index contributed by atoms with van der Waals surface area (Å²) in [7, 11) is 0. The van der Waals surface area contributed by atoms with Crippen molar-refractivity contribution in [2.75, 3.05) is 0 Å². The molecule has 2 aromatic heterocycles. The molecule has 0 aliphatic heterocycles. The Morgan fingerprint density at radius 1 is 0.907 bits per heavy atom. The summed E-state index contributed by atoms with van der Waals surface area (Å²) >= 11 is 0. The quantitative estimate of drug-likeness (QED) is 0.113. The van der Waals surface area contributed by atoms with E-state index in [4.69, 9.17) is 9.72 Å². The van der Waals surface area contributed by atoms with Crippen LogP contribution >= 0.6 is 0 Å². The van der Waals surface area contributed by atoms with Gasteiger partial charge in [0.25, 0.3) is 11.2 Å². The fraction of sp³-hybridized carbons (Fsp3) is 0.0882. The molecule has 0 N–H and O–H groups in total. The molecule has 0 bridgehead atoms. The molecule has 0 amide bonds. The lowest BCUT2D eigenvalue weighted by Crippen LogP contribution is -2.20. The lowest BCUT2D eigenvalue weighted by Gasteiger charge is -2.12. The second-order valence-electron chi connectivity index (χ2n) is 10.1. The average molecular weight is 570 g/mol. The number of ether oxygens (including phenoxy) is 1. The van der Waals surface area contributed by atoms with Gasteiger partial charge in [-0.05, 0) is 61.9 Å². The van der Waals surface area contributed by atoms with Gasteiger partial charge < -0.3 is 9.30 Å². The molecule has 6 rings (SSSR count). The number of nitro groups is 1. The van der Waals surface area contributed by atoms with Gasteiger partial charge in [0.2, 0.25) is 0 Å². The lowest BCUT2D eigenvalue weighted by molar-refractivity contribution is -0.384. The summed E-state index contributed by atoms with van der Waals surface area (Å²) in [6, 6.07) is 32.9. The number of hydrogen-bond donors (Lipinski definition) is 0. The van der Waals surface area contributed by atoms with Crippen molar-refractivity contribution >= 4 is 22.8 Å². The Kier molecular flexibility index (Phi) is 7.36. The number of hydrogen-bond acceptors (Lipinski definition) is 6. The molecule has 0 unspecified atom stereocenters. The van der Waals surface area contributed by atoms with Crippen molar-refractivity contribution in [3.63, 3.8) is 0 Å². The summed E-state index contributed by atoms with van der Waals surface area (Å²) in [4.78, 5) is 28.9. The van der Waals surface area contributed by atoms with E-state index in [-0.39, 0.29) is 17.9 Å². The van der Waals surface area contributed by atoms with E-state index in [0.717, 1.165) is 33.8 Å². The molecule has 0 saturated heterocycles. The topological polar surface area (TPSA) is 105 Å². The Morgan fingerprint density at radius 3 is 2.42 bits per heavy atom. The maximum atomic E-state index is 13.5. The summed E-state index contributed by atoms with van der Waals surface area (Å²) in [6.45, 7) is 4.23. The molecule has 9 nitrogen and oxygen atoms in total. The molecule has 6 aromatic rings. The van der Waals surface area contributed by atoms with Crippen LogP contribution in [0, 0.1) is 24.0 Å². The van der Waals surface area contributed by atoms with E-state index in [2.05, 4.69) is 9.67 Å². The van der Waals surface area contributed by atoms with Crippen LogP contribution in [0.4, 0.5) is 5.69 Å². The molecule has 9 heteroatoms. The van der Waals surface area contributed by atoms with Crippen LogP contribution in [0.5, 0.6) is 5.75 Å². The Labute approximate surface area is 247 Å². The van der Waals surface area contributed by atoms with Crippen LogP contribution in [0.2, 0.25) is 0 Å². The number of benzene rings is 4. The third-order valence-electron chi connectivity index (χ3n) is 7.19. The van der Waals surface area contributed by atoms with Crippen molar-refractivity contribution in [3.8, 4) is 22.8 Å². The zero-order valence-electron chi connectivity index (χ0n) is 23.5. The molecule has 212 valence electrons. The minimum absolute atomic E-state index is 0.0346. The standard InChI is InChI=1S/C34H27N5O4/c1-23-19-27(21-35-38-33(26-10-4-3-5-11-26)36-32-14-7-6-13-31(32)34(38)40)24(2)37(23)28-15-17-30(18-16-28)43-22-25-9-8-12-29(20-25)39(41)42/h3-21H,22H2,1-2H3. The first-order valence-electron chi connectivity index (χ1n) is 13.7. The number of aryl methyl sites for hydroxylation is 1. The molecule has 0 aliphatic carbocycles. The van der Waals surface area contributed by atoms with Crippen LogP contribution in [0.25, 0.3) is 28.0 Å². The normalized spacial score (nSPS) is 11.3. The predicted octanol–water partition coefficient (Wildman–Crippen LogP) is 6.84. The Hall–Kier alpha value is -5.83. The molecule has 0 radical (unpaired) electrons. The third-order valence-corrected chi connectivity index (χ3v) is 7.19. The van der Waals surface area contributed by atoms with Crippen LogP contribution in [-0.2, 0) is 6.61 Å². The maximum Gasteiger partial charge on any atom is 0.282 e. The SMILES string of the molecule is Cc1cc(C=Nn2c(-c3ccccc3)nc3ccccc3c2=O)c(C)n1-c1ccc(OCc2cccc([N+](=O)[O-])c2)cc1. The van der Waals surface area contributed by atoms with Gasteiger partial charge in [-0.1, -0.05) is 54.6 Å².